The molecule has 0 bridgehead atoms. The van der Waals surface area contributed by atoms with Gasteiger partial charge in [0, 0.05) is 13.1 Å². The molecule has 0 aromatic heterocycles. The van der Waals surface area contributed by atoms with E-state index < -0.39 is 15.8 Å². The molecule has 0 atom stereocenters. The zero-order valence-corrected chi connectivity index (χ0v) is 14.1. The van der Waals surface area contributed by atoms with Crippen LogP contribution in [0.15, 0.2) is 23.1 Å². The summed E-state index contributed by atoms with van der Waals surface area (Å²) in [5.74, 6) is -0.416. The molecule has 120 valence electrons. The van der Waals surface area contributed by atoms with Crippen molar-refractivity contribution in [3.63, 3.8) is 0 Å². The van der Waals surface area contributed by atoms with Crippen molar-refractivity contribution in [1.29, 1.82) is 0 Å². The van der Waals surface area contributed by atoms with Crippen molar-refractivity contribution < 1.29 is 12.8 Å². The minimum Gasteiger partial charge on any atom is -0.316 e. The summed E-state index contributed by atoms with van der Waals surface area (Å²) in [5, 5.41) is 2.90. The van der Waals surface area contributed by atoms with Gasteiger partial charge in [0.2, 0.25) is 10.0 Å². The molecule has 4 nitrogen and oxygen atoms in total. The average molecular weight is 316 g/mol. The highest BCUT2D eigenvalue weighted by Crippen LogP contribution is 2.26. The first-order chi connectivity index (χ1) is 9.60. The second kappa shape index (κ2) is 6.85. The third kappa shape index (κ3) is 4.76. The summed E-state index contributed by atoms with van der Waals surface area (Å²) in [5.41, 5.74) is 0.506. The first-order valence-corrected chi connectivity index (χ1v) is 8.51. The fourth-order valence-electron chi connectivity index (χ4n) is 1.64. The van der Waals surface area contributed by atoms with E-state index in [1.165, 1.54) is 12.1 Å². The van der Waals surface area contributed by atoms with Crippen molar-refractivity contribution in [3.8, 4) is 0 Å². The van der Waals surface area contributed by atoms with Gasteiger partial charge in [0.15, 0.2) is 0 Å². The molecule has 0 fully saturated rings. The van der Waals surface area contributed by atoms with Crippen LogP contribution in [0.5, 0.6) is 0 Å². The Morgan fingerprint density at radius 1 is 1.29 bits per heavy atom. The molecule has 0 aliphatic heterocycles. The SMILES string of the molecule is CNCc1ccc(S(=O)(=O)NCC(C)(C)C(C)C)c(F)c1. The molecule has 0 saturated carbocycles. The molecule has 0 radical (unpaired) electrons. The van der Waals surface area contributed by atoms with E-state index in [2.05, 4.69) is 10.0 Å². The van der Waals surface area contributed by atoms with Crippen LogP contribution in [-0.2, 0) is 16.6 Å². The van der Waals surface area contributed by atoms with E-state index in [9.17, 15) is 12.8 Å². The fraction of sp³-hybridized carbons (Fsp3) is 0.600. The summed E-state index contributed by atoms with van der Waals surface area (Å²) in [7, 11) is -2.09. The molecule has 21 heavy (non-hydrogen) atoms. The van der Waals surface area contributed by atoms with Crippen molar-refractivity contribution in [3.05, 3.63) is 29.6 Å². The van der Waals surface area contributed by atoms with Crippen molar-refractivity contribution in [2.24, 2.45) is 11.3 Å². The number of benzene rings is 1. The molecule has 1 rings (SSSR count). The maximum atomic E-state index is 14.0. The molecule has 0 spiro atoms. The standard InChI is InChI=1S/C15H25FN2O2S/c1-11(2)15(3,4)10-18-21(19,20)14-7-6-12(9-17-5)8-13(14)16/h6-8,11,17-18H,9-10H2,1-5H3. The van der Waals surface area contributed by atoms with Gasteiger partial charge in [0.05, 0.1) is 0 Å². The molecule has 0 amide bonds. The predicted molar refractivity (Wildman–Crippen MR) is 83.0 cm³/mol. The average Bonchev–Trinajstić information content (AvgIpc) is 2.36. The zero-order chi connectivity index (χ0) is 16.3. The summed E-state index contributed by atoms with van der Waals surface area (Å²) in [6.45, 7) is 8.78. The highest BCUT2D eigenvalue weighted by molar-refractivity contribution is 7.89. The number of halogens is 1. The highest BCUT2D eigenvalue weighted by atomic mass is 32.2. The van der Waals surface area contributed by atoms with E-state index in [0.29, 0.717) is 18.0 Å². The van der Waals surface area contributed by atoms with Gasteiger partial charge in [-0.2, -0.15) is 0 Å². The quantitative estimate of drug-likeness (QED) is 0.812. The second-order valence-corrected chi connectivity index (χ2v) is 8.00. The number of hydrogen-bond donors (Lipinski definition) is 2. The lowest BCUT2D eigenvalue weighted by atomic mass is 9.81. The third-order valence-corrected chi connectivity index (χ3v) is 5.38. The zero-order valence-electron chi connectivity index (χ0n) is 13.3. The Bertz CT molecular complexity index is 583. The molecule has 0 aliphatic carbocycles. The largest absolute Gasteiger partial charge is 0.316 e. The molecule has 1 aromatic rings. The van der Waals surface area contributed by atoms with Crippen LogP contribution in [0.4, 0.5) is 4.39 Å². The van der Waals surface area contributed by atoms with Gasteiger partial charge in [0.25, 0.3) is 0 Å². The van der Waals surface area contributed by atoms with E-state index in [0.717, 1.165) is 0 Å². The van der Waals surface area contributed by atoms with E-state index in [1.54, 1.807) is 13.1 Å². The van der Waals surface area contributed by atoms with Crippen LogP contribution < -0.4 is 10.0 Å². The molecule has 2 N–H and O–H groups in total. The van der Waals surface area contributed by atoms with Crippen LogP contribution >= 0.6 is 0 Å². The van der Waals surface area contributed by atoms with Gasteiger partial charge in [0.1, 0.15) is 10.7 Å². The molecule has 0 unspecified atom stereocenters. The fourth-order valence-corrected chi connectivity index (χ4v) is 2.92. The van der Waals surface area contributed by atoms with Crippen LogP contribution in [-0.4, -0.2) is 22.0 Å². The van der Waals surface area contributed by atoms with Crippen molar-refractivity contribution >= 4 is 10.0 Å². The smallest absolute Gasteiger partial charge is 0.243 e. The van der Waals surface area contributed by atoms with Gasteiger partial charge < -0.3 is 5.32 Å². The summed E-state index contributed by atoms with van der Waals surface area (Å²) in [6.07, 6.45) is 0. The van der Waals surface area contributed by atoms with Gasteiger partial charge in [-0.05, 0) is 36.1 Å². The van der Waals surface area contributed by atoms with E-state index in [-0.39, 0.29) is 16.9 Å². The Labute approximate surface area is 127 Å². The predicted octanol–water partition coefficient (Wildman–Crippen LogP) is 2.51. The third-order valence-electron chi connectivity index (χ3n) is 3.95. The van der Waals surface area contributed by atoms with Crippen LogP contribution in [0.1, 0.15) is 33.3 Å². The molecule has 0 saturated heterocycles. The monoisotopic (exact) mass is 316 g/mol. The Morgan fingerprint density at radius 2 is 1.90 bits per heavy atom. The van der Waals surface area contributed by atoms with Crippen LogP contribution in [0.25, 0.3) is 0 Å². The Morgan fingerprint density at radius 3 is 2.38 bits per heavy atom. The minimum absolute atomic E-state index is 0.199. The molecule has 0 aliphatic rings. The Hall–Kier alpha value is -0.980. The first-order valence-electron chi connectivity index (χ1n) is 7.03. The summed E-state index contributed by atoms with van der Waals surface area (Å²) in [4.78, 5) is -0.304. The van der Waals surface area contributed by atoms with Crippen LogP contribution in [0.3, 0.4) is 0 Å². The lowest BCUT2D eigenvalue weighted by molar-refractivity contribution is 0.252. The maximum Gasteiger partial charge on any atom is 0.243 e. The topological polar surface area (TPSA) is 58.2 Å². The number of sulfonamides is 1. The minimum atomic E-state index is -3.83. The Kier molecular flexibility index (Phi) is 5.90. The van der Waals surface area contributed by atoms with Crippen molar-refractivity contribution in [2.45, 2.75) is 39.1 Å². The highest BCUT2D eigenvalue weighted by Gasteiger charge is 2.26. The van der Waals surface area contributed by atoms with Gasteiger partial charge in [-0.1, -0.05) is 33.8 Å². The van der Waals surface area contributed by atoms with Gasteiger partial charge in [-0.15, -0.1) is 0 Å². The summed E-state index contributed by atoms with van der Waals surface area (Å²) in [6, 6.07) is 4.17. The van der Waals surface area contributed by atoms with Gasteiger partial charge >= 0.3 is 0 Å². The first kappa shape index (κ1) is 18.1. The second-order valence-electron chi connectivity index (χ2n) is 6.26. The van der Waals surface area contributed by atoms with Gasteiger partial charge in [-0.3, -0.25) is 0 Å². The number of rotatable bonds is 7. The molecule has 1 aromatic carbocycles. The molecule has 0 heterocycles. The van der Waals surface area contributed by atoms with Crippen molar-refractivity contribution in [2.75, 3.05) is 13.6 Å². The lowest BCUT2D eigenvalue weighted by Gasteiger charge is -2.29. The number of nitrogens with one attached hydrogen (secondary N) is 2. The Balaban J connectivity index is 2.93. The van der Waals surface area contributed by atoms with E-state index >= 15 is 0 Å². The summed E-state index contributed by atoms with van der Waals surface area (Å²) < 4.78 is 41.0. The maximum absolute atomic E-state index is 14.0. The summed E-state index contributed by atoms with van der Waals surface area (Å²) >= 11 is 0. The lowest BCUT2D eigenvalue weighted by Crippen LogP contribution is -2.37. The molecular weight excluding hydrogens is 291 g/mol. The molecule has 6 heteroatoms. The van der Waals surface area contributed by atoms with Crippen LogP contribution in [0, 0.1) is 17.2 Å². The van der Waals surface area contributed by atoms with Gasteiger partial charge in [-0.25, -0.2) is 17.5 Å². The van der Waals surface area contributed by atoms with E-state index in [1.807, 2.05) is 27.7 Å². The molecular formula is C15H25FN2O2S. The van der Waals surface area contributed by atoms with Crippen LogP contribution in [0.2, 0.25) is 0 Å². The van der Waals surface area contributed by atoms with Crippen molar-refractivity contribution in [1.82, 2.24) is 10.0 Å². The van der Waals surface area contributed by atoms with E-state index in [4.69, 9.17) is 0 Å². The normalized spacial score (nSPS) is 12.9. The number of hydrogen-bond acceptors (Lipinski definition) is 3.